The Hall–Kier alpha value is -1.87. The minimum atomic E-state index is -3.91. The third-order valence-corrected chi connectivity index (χ3v) is 3.60. The molecule has 0 fully saturated rings. The Bertz CT molecular complexity index is 620. The monoisotopic (exact) mass is 303 g/mol. The Morgan fingerprint density at radius 1 is 1.50 bits per heavy atom. The van der Waals surface area contributed by atoms with Gasteiger partial charge in [-0.25, -0.2) is 18.4 Å². The van der Waals surface area contributed by atoms with E-state index in [1.807, 2.05) is 0 Å². The molecule has 0 aromatic carbocycles. The zero-order chi connectivity index (χ0) is 15.5. The maximum atomic E-state index is 12.0. The maximum Gasteiger partial charge on any atom is 0.326 e. The maximum absolute atomic E-state index is 12.0. The summed E-state index contributed by atoms with van der Waals surface area (Å²) in [5, 5.41) is 16.3. The fourth-order valence-electron chi connectivity index (χ4n) is 1.69. The SMILES string of the molecule is CCCC(NC(=O)c1cc(S(N)(=O)=O)cn1C)C(=O)O. The number of carboxylic acids is 1. The number of nitrogens with one attached hydrogen (secondary N) is 1. The van der Waals surface area contributed by atoms with E-state index in [1.165, 1.54) is 17.8 Å². The summed E-state index contributed by atoms with van der Waals surface area (Å²) in [7, 11) is -2.44. The number of aromatic nitrogens is 1. The second-order valence-electron chi connectivity index (χ2n) is 4.37. The smallest absolute Gasteiger partial charge is 0.326 e. The van der Waals surface area contributed by atoms with E-state index < -0.39 is 27.9 Å². The highest BCUT2D eigenvalue weighted by molar-refractivity contribution is 7.89. The molecule has 112 valence electrons. The molecule has 0 radical (unpaired) electrons. The standard InChI is InChI=1S/C11H17N3O5S/c1-3-4-8(11(16)17)13-10(15)9-5-7(6-14(9)2)20(12,18)19/h5-6,8H,3-4H2,1-2H3,(H,13,15)(H,16,17)(H2,12,18,19). The van der Waals surface area contributed by atoms with Crippen molar-refractivity contribution in [1.82, 2.24) is 9.88 Å². The largest absolute Gasteiger partial charge is 0.480 e. The average molecular weight is 303 g/mol. The molecule has 0 bridgehead atoms. The molecule has 8 nitrogen and oxygen atoms in total. The highest BCUT2D eigenvalue weighted by atomic mass is 32.2. The molecular formula is C11H17N3O5S. The molecule has 1 rings (SSSR count). The Morgan fingerprint density at radius 3 is 2.50 bits per heavy atom. The van der Waals surface area contributed by atoms with Gasteiger partial charge < -0.3 is 15.0 Å². The Morgan fingerprint density at radius 2 is 2.10 bits per heavy atom. The quantitative estimate of drug-likeness (QED) is 0.661. The number of amides is 1. The zero-order valence-electron chi connectivity index (χ0n) is 11.2. The van der Waals surface area contributed by atoms with Crippen LogP contribution in [0.2, 0.25) is 0 Å². The van der Waals surface area contributed by atoms with Crippen LogP contribution < -0.4 is 10.5 Å². The molecule has 20 heavy (non-hydrogen) atoms. The zero-order valence-corrected chi connectivity index (χ0v) is 12.0. The predicted octanol–water partition coefficient (Wildman–Crippen LogP) is -0.344. The lowest BCUT2D eigenvalue weighted by Crippen LogP contribution is -2.41. The molecular weight excluding hydrogens is 286 g/mol. The molecule has 0 saturated carbocycles. The molecule has 0 saturated heterocycles. The van der Waals surface area contributed by atoms with Crippen LogP contribution in [-0.4, -0.2) is 36.0 Å². The van der Waals surface area contributed by atoms with Gasteiger partial charge >= 0.3 is 5.97 Å². The van der Waals surface area contributed by atoms with Crippen LogP contribution in [0.5, 0.6) is 0 Å². The first-order chi connectivity index (χ1) is 9.16. The number of hydrogen-bond donors (Lipinski definition) is 3. The van der Waals surface area contributed by atoms with Crippen molar-refractivity contribution in [1.29, 1.82) is 0 Å². The molecule has 1 aromatic heterocycles. The molecule has 9 heteroatoms. The van der Waals surface area contributed by atoms with Crippen LogP contribution in [0.3, 0.4) is 0 Å². The van der Waals surface area contributed by atoms with Gasteiger partial charge in [0.15, 0.2) is 0 Å². The van der Waals surface area contributed by atoms with E-state index in [0.717, 1.165) is 6.07 Å². The molecule has 0 spiro atoms. The van der Waals surface area contributed by atoms with Crippen molar-refractivity contribution in [2.45, 2.75) is 30.7 Å². The van der Waals surface area contributed by atoms with Gasteiger partial charge in [0.1, 0.15) is 16.6 Å². The van der Waals surface area contributed by atoms with E-state index in [1.54, 1.807) is 6.92 Å². The predicted molar refractivity (Wildman–Crippen MR) is 70.6 cm³/mol. The molecule has 1 heterocycles. The summed E-state index contributed by atoms with van der Waals surface area (Å²) in [4.78, 5) is 22.7. The normalized spacial score (nSPS) is 12.9. The van der Waals surface area contributed by atoms with Crippen LogP contribution in [0.15, 0.2) is 17.2 Å². The molecule has 0 aliphatic carbocycles. The lowest BCUT2D eigenvalue weighted by atomic mass is 10.1. The van der Waals surface area contributed by atoms with Crippen LogP contribution in [0, 0.1) is 0 Å². The number of aliphatic carboxylic acids is 1. The van der Waals surface area contributed by atoms with Crippen molar-refractivity contribution in [3.05, 3.63) is 18.0 Å². The minimum Gasteiger partial charge on any atom is -0.480 e. The number of hydrogen-bond acceptors (Lipinski definition) is 4. The summed E-state index contributed by atoms with van der Waals surface area (Å²) in [5.74, 6) is -1.80. The van der Waals surface area contributed by atoms with Gasteiger partial charge in [0.25, 0.3) is 5.91 Å². The fraction of sp³-hybridized carbons (Fsp3) is 0.455. The number of carboxylic acid groups (broad SMARTS) is 1. The third kappa shape index (κ3) is 3.81. The van der Waals surface area contributed by atoms with Crippen molar-refractivity contribution in [3.8, 4) is 0 Å². The Labute approximate surface area is 116 Å². The van der Waals surface area contributed by atoms with Crippen molar-refractivity contribution in [2.24, 2.45) is 12.2 Å². The number of nitrogens with zero attached hydrogens (tertiary/aromatic N) is 1. The van der Waals surface area contributed by atoms with Gasteiger partial charge in [-0.3, -0.25) is 4.79 Å². The lowest BCUT2D eigenvalue weighted by Gasteiger charge is -2.13. The van der Waals surface area contributed by atoms with Crippen molar-refractivity contribution in [2.75, 3.05) is 0 Å². The van der Waals surface area contributed by atoms with Crippen molar-refractivity contribution >= 4 is 21.9 Å². The van der Waals surface area contributed by atoms with Gasteiger partial charge in [0, 0.05) is 13.2 Å². The van der Waals surface area contributed by atoms with E-state index in [0.29, 0.717) is 6.42 Å². The number of sulfonamides is 1. The first-order valence-electron chi connectivity index (χ1n) is 5.89. The van der Waals surface area contributed by atoms with Gasteiger partial charge in [0.05, 0.1) is 0 Å². The molecule has 0 aliphatic heterocycles. The summed E-state index contributed by atoms with van der Waals surface area (Å²) in [6.45, 7) is 1.80. The summed E-state index contributed by atoms with van der Waals surface area (Å²) >= 11 is 0. The number of primary sulfonamides is 1. The number of nitrogens with two attached hydrogens (primary N) is 1. The van der Waals surface area contributed by atoms with Crippen LogP contribution >= 0.6 is 0 Å². The van der Waals surface area contributed by atoms with Crippen LogP contribution in [0.1, 0.15) is 30.3 Å². The summed E-state index contributed by atoms with van der Waals surface area (Å²) in [6.07, 6.45) is 2.07. The van der Waals surface area contributed by atoms with Crippen LogP contribution in [0.4, 0.5) is 0 Å². The third-order valence-electron chi connectivity index (χ3n) is 2.72. The topological polar surface area (TPSA) is 131 Å². The van der Waals surface area contributed by atoms with Crippen LogP contribution in [0.25, 0.3) is 0 Å². The average Bonchev–Trinajstić information content (AvgIpc) is 2.70. The van der Waals surface area contributed by atoms with Crippen molar-refractivity contribution in [3.63, 3.8) is 0 Å². The molecule has 1 unspecified atom stereocenters. The van der Waals surface area contributed by atoms with E-state index in [4.69, 9.17) is 10.2 Å². The second-order valence-corrected chi connectivity index (χ2v) is 5.93. The van der Waals surface area contributed by atoms with Gasteiger partial charge in [-0.05, 0) is 12.5 Å². The second kappa shape index (κ2) is 6.06. The number of aryl methyl sites for hydroxylation is 1. The molecule has 4 N–H and O–H groups in total. The van der Waals surface area contributed by atoms with Crippen LogP contribution in [-0.2, 0) is 21.9 Å². The van der Waals surface area contributed by atoms with Crippen molar-refractivity contribution < 1.29 is 23.1 Å². The molecule has 0 aliphatic rings. The summed E-state index contributed by atoms with van der Waals surface area (Å²) in [6, 6.07) is 0.0931. The van der Waals surface area contributed by atoms with E-state index >= 15 is 0 Å². The Balaban J connectivity index is 2.98. The molecule has 1 amide bonds. The number of carbonyl (C=O) groups excluding carboxylic acids is 1. The lowest BCUT2D eigenvalue weighted by molar-refractivity contribution is -0.139. The molecule has 1 aromatic rings. The van der Waals surface area contributed by atoms with Gasteiger partial charge in [0.2, 0.25) is 10.0 Å². The van der Waals surface area contributed by atoms with Gasteiger partial charge in [-0.15, -0.1) is 0 Å². The minimum absolute atomic E-state index is 0.0244. The Kier molecular flexibility index (Phi) is 4.90. The highest BCUT2D eigenvalue weighted by Gasteiger charge is 2.23. The van der Waals surface area contributed by atoms with Gasteiger partial charge in [-0.1, -0.05) is 13.3 Å². The first-order valence-corrected chi connectivity index (χ1v) is 7.44. The van der Waals surface area contributed by atoms with E-state index in [9.17, 15) is 18.0 Å². The molecule has 1 atom stereocenters. The van der Waals surface area contributed by atoms with E-state index in [2.05, 4.69) is 5.32 Å². The van der Waals surface area contributed by atoms with Gasteiger partial charge in [-0.2, -0.15) is 0 Å². The van der Waals surface area contributed by atoms with E-state index in [-0.39, 0.29) is 17.0 Å². The first kappa shape index (κ1) is 16.2. The summed E-state index contributed by atoms with van der Waals surface area (Å²) in [5.41, 5.74) is 0.0244. The highest BCUT2D eigenvalue weighted by Crippen LogP contribution is 2.12. The summed E-state index contributed by atoms with van der Waals surface area (Å²) < 4.78 is 23.7. The fourth-order valence-corrected chi connectivity index (χ4v) is 2.27. The number of carbonyl (C=O) groups is 2. The number of rotatable bonds is 6.